The van der Waals surface area contributed by atoms with Gasteiger partial charge in [-0.15, -0.1) is 0 Å². The second-order valence-electron chi connectivity index (χ2n) is 6.72. The van der Waals surface area contributed by atoms with E-state index in [4.69, 9.17) is 21.9 Å². The molecule has 0 aliphatic carbocycles. The average Bonchev–Trinajstić information content (AvgIpc) is 3.07. The summed E-state index contributed by atoms with van der Waals surface area (Å²) < 4.78 is 32.5. The van der Waals surface area contributed by atoms with Crippen molar-refractivity contribution in [2.24, 2.45) is 5.11 Å². The van der Waals surface area contributed by atoms with Crippen LogP contribution >= 0.6 is 11.6 Å². The predicted molar refractivity (Wildman–Crippen MR) is 97.4 cm³/mol. The van der Waals surface area contributed by atoms with Gasteiger partial charge in [0.1, 0.15) is 12.4 Å². The van der Waals surface area contributed by atoms with E-state index in [1.54, 1.807) is 20.8 Å². The minimum absolute atomic E-state index is 0.123. The fraction of sp³-hybridized carbons (Fsp3) is 0.438. The molecule has 0 saturated heterocycles. The molecule has 0 fully saturated rings. The number of amides is 1. The van der Waals surface area contributed by atoms with Gasteiger partial charge in [-0.1, -0.05) is 22.8 Å². The van der Waals surface area contributed by atoms with Crippen LogP contribution in [0.25, 0.3) is 16.1 Å². The van der Waals surface area contributed by atoms with Gasteiger partial charge in [-0.2, -0.15) is 5.10 Å². The van der Waals surface area contributed by atoms with Crippen molar-refractivity contribution < 1.29 is 18.3 Å². The summed E-state index contributed by atoms with van der Waals surface area (Å²) >= 11 is 6.13. The van der Waals surface area contributed by atoms with Crippen LogP contribution in [-0.2, 0) is 4.74 Å². The van der Waals surface area contributed by atoms with Crippen LogP contribution in [0.4, 0.5) is 13.6 Å². The van der Waals surface area contributed by atoms with Gasteiger partial charge in [0.05, 0.1) is 17.3 Å². The number of carbonyl (C=O) groups is 1. The summed E-state index contributed by atoms with van der Waals surface area (Å²) in [6.45, 7) is 5.11. The van der Waals surface area contributed by atoms with Crippen molar-refractivity contribution in [2.45, 2.75) is 38.8 Å². The number of nitrogens with zero attached hydrogens (tertiary/aromatic N) is 6. The Bertz CT molecular complexity index is 891. The van der Waals surface area contributed by atoms with Crippen molar-refractivity contribution >= 4 is 17.7 Å². The van der Waals surface area contributed by atoms with Gasteiger partial charge in [-0.05, 0) is 44.0 Å². The van der Waals surface area contributed by atoms with Gasteiger partial charge in [-0.3, -0.25) is 0 Å². The summed E-state index contributed by atoms with van der Waals surface area (Å²) in [5, 5.41) is 9.99. The zero-order chi connectivity index (χ0) is 20.9. The van der Waals surface area contributed by atoms with Crippen LogP contribution in [0.5, 0.6) is 0 Å². The number of hydrogen-bond acceptors (Lipinski definition) is 5. The number of azide groups is 1. The number of rotatable bonds is 6. The van der Waals surface area contributed by atoms with E-state index in [1.165, 1.54) is 18.2 Å². The van der Waals surface area contributed by atoms with Crippen LogP contribution in [-0.4, -0.2) is 32.9 Å². The van der Waals surface area contributed by atoms with Gasteiger partial charge in [0, 0.05) is 10.5 Å². The van der Waals surface area contributed by atoms with Crippen LogP contribution in [0.15, 0.2) is 29.6 Å². The van der Waals surface area contributed by atoms with E-state index >= 15 is 0 Å². The number of nitrogens with one attached hydrogen (secondary N) is 1. The van der Waals surface area contributed by atoms with Crippen LogP contribution in [0.1, 0.15) is 44.7 Å². The first-order chi connectivity index (χ1) is 13.1. The molecule has 9 nitrogen and oxygen atoms in total. The highest BCUT2D eigenvalue weighted by molar-refractivity contribution is 6.32. The maximum atomic E-state index is 13.1. The van der Waals surface area contributed by atoms with E-state index < -0.39 is 30.0 Å². The van der Waals surface area contributed by atoms with Crippen molar-refractivity contribution in [3.8, 4) is 5.69 Å². The molecule has 12 heteroatoms. The van der Waals surface area contributed by atoms with E-state index in [2.05, 4.69) is 25.4 Å². The van der Waals surface area contributed by atoms with E-state index in [1.807, 2.05) is 0 Å². The standard InChI is InChI=1S/C16H18ClF2N7O2/c1-16(2,3)24-15(27)28-12(7-22-25-20)9-4-5-10(17)11(6-9)26-14(13(18)19)21-8-23-26/h4-6,8,12-13H,7H2,1-3H3,(H,24,27)/t12-/m1/s1. The molecular formula is C16H18ClF2N7O2. The first-order valence-corrected chi connectivity index (χ1v) is 8.47. The number of alkyl halides is 2. The smallest absolute Gasteiger partial charge is 0.408 e. The second-order valence-corrected chi connectivity index (χ2v) is 7.13. The SMILES string of the molecule is CC(C)(C)NC(=O)O[C@H](CN=[N+]=[N-])c1ccc(Cl)c(-n2ncnc2C(F)F)c1. The van der Waals surface area contributed by atoms with Crippen molar-refractivity contribution in [1.82, 2.24) is 20.1 Å². The zero-order valence-corrected chi connectivity index (χ0v) is 16.1. The van der Waals surface area contributed by atoms with Crippen LogP contribution in [0.3, 0.4) is 0 Å². The molecule has 150 valence electrons. The Hall–Kier alpha value is -2.91. The Morgan fingerprint density at radius 2 is 2.18 bits per heavy atom. The van der Waals surface area contributed by atoms with E-state index in [0.717, 1.165) is 11.0 Å². The molecule has 0 bridgehead atoms. The third-order valence-electron chi connectivity index (χ3n) is 3.38. The van der Waals surface area contributed by atoms with E-state index in [-0.39, 0.29) is 17.3 Å². The van der Waals surface area contributed by atoms with Crippen LogP contribution in [0, 0.1) is 0 Å². The average molecular weight is 414 g/mol. The molecule has 0 spiro atoms. The Morgan fingerprint density at radius 3 is 2.79 bits per heavy atom. The number of ether oxygens (including phenoxy) is 1. The lowest BCUT2D eigenvalue weighted by Crippen LogP contribution is -2.41. The molecule has 0 aliphatic rings. The summed E-state index contributed by atoms with van der Waals surface area (Å²) in [6, 6.07) is 4.40. The lowest BCUT2D eigenvalue weighted by atomic mass is 10.1. The fourth-order valence-corrected chi connectivity index (χ4v) is 2.46. The molecule has 1 heterocycles. The Balaban J connectivity index is 2.40. The molecule has 1 amide bonds. The third-order valence-corrected chi connectivity index (χ3v) is 3.70. The molecule has 0 unspecified atom stereocenters. The number of carbonyl (C=O) groups excluding carboxylic acids is 1. The Labute approximate surface area is 164 Å². The number of hydrogen-bond donors (Lipinski definition) is 1. The largest absolute Gasteiger partial charge is 0.441 e. The number of halogens is 3. The van der Waals surface area contributed by atoms with E-state index in [0.29, 0.717) is 5.56 Å². The van der Waals surface area contributed by atoms with Gasteiger partial charge in [0.25, 0.3) is 6.43 Å². The molecular weight excluding hydrogens is 396 g/mol. The predicted octanol–water partition coefficient (Wildman–Crippen LogP) is 4.73. The molecule has 0 aliphatic heterocycles. The highest BCUT2D eigenvalue weighted by atomic mass is 35.5. The van der Waals surface area contributed by atoms with Gasteiger partial charge in [0.15, 0.2) is 5.82 Å². The zero-order valence-electron chi connectivity index (χ0n) is 15.3. The normalized spacial score (nSPS) is 12.4. The number of aromatic nitrogens is 3. The second kappa shape index (κ2) is 8.85. The maximum Gasteiger partial charge on any atom is 0.408 e. The molecule has 0 saturated carbocycles. The summed E-state index contributed by atoms with van der Waals surface area (Å²) in [4.78, 5) is 18.3. The van der Waals surface area contributed by atoms with Gasteiger partial charge < -0.3 is 10.1 Å². The third kappa shape index (κ3) is 5.54. The number of alkyl carbamates (subject to hydrolysis) is 1. The van der Waals surface area contributed by atoms with Crippen molar-refractivity contribution in [3.63, 3.8) is 0 Å². The molecule has 1 atom stereocenters. The number of benzene rings is 1. The summed E-state index contributed by atoms with van der Waals surface area (Å²) in [7, 11) is 0. The molecule has 1 aromatic heterocycles. The fourth-order valence-electron chi connectivity index (χ4n) is 2.26. The Kier molecular flexibility index (Phi) is 6.76. The summed E-state index contributed by atoms with van der Waals surface area (Å²) in [5.41, 5.74) is 8.56. The van der Waals surface area contributed by atoms with Crippen molar-refractivity contribution in [3.05, 3.63) is 51.4 Å². The topological polar surface area (TPSA) is 118 Å². The molecule has 1 N–H and O–H groups in total. The Morgan fingerprint density at radius 1 is 1.46 bits per heavy atom. The monoisotopic (exact) mass is 413 g/mol. The highest BCUT2D eigenvalue weighted by Gasteiger charge is 2.23. The lowest BCUT2D eigenvalue weighted by Gasteiger charge is -2.23. The lowest BCUT2D eigenvalue weighted by molar-refractivity contribution is 0.0950. The molecule has 2 rings (SSSR count). The van der Waals surface area contributed by atoms with Crippen molar-refractivity contribution in [1.29, 1.82) is 0 Å². The van der Waals surface area contributed by atoms with E-state index in [9.17, 15) is 13.6 Å². The first-order valence-electron chi connectivity index (χ1n) is 8.10. The molecule has 28 heavy (non-hydrogen) atoms. The first kappa shape index (κ1) is 21.4. The van der Waals surface area contributed by atoms with Crippen LogP contribution < -0.4 is 5.32 Å². The highest BCUT2D eigenvalue weighted by Crippen LogP contribution is 2.29. The molecule has 1 aromatic carbocycles. The van der Waals surface area contributed by atoms with Gasteiger partial charge >= 0.3 is 6.09 Å². The quantitative estimate of drug-likeness (QED) is 0.418. The molecule has 2 aromatic rings. The van der Waals surface area contributed by atoms with Crippen molar-refractivity contribution in [2.75, 3.05) is 6.54 Å². The maximum absolute atomic E-state index is 13.1. The van der Waals surface area contributed by atoms with Gasteiger partial charge in [-0.25, -0.2) is 23.2 Å². The summed E-state index contributed by atoms with van der Waals surface area (Å²) in [6.07, 6.45) is -3.58. The molecule has 0 radical (unpaired) electrons. The minimum Gasteiger partial charge on any atom is -0.441 e. The summed E-state index contributed by atoms with van der Waals surface area (Å²) in [5.74, 6) is -0.586. The van der Waals surface area contributed by atoms with Gasteiger partial charge in [0.2, 0.25) is 0 Å². The minimum atomic E-state index is -2.87. The van der Waals surface area contributed by atoms with Crippen LogP contribution in [0.2, 0.25) is 5.02 Å².